The lowest BCUT2D eigenvalue weighted by atomic mass is 10.1. The molecular formula is C23H27ClN6O2. The predicted molar refractivity (Wildman–Crippen MR) is 121 cm³/mol. The summed E-state index contributed by atoms with van der Waals surface area (Å²) in [5.74, 6) is 1.01. The van der Waals surface area contributed by atoms with Crippen LogP contribution in [-0.4, -0.2) is 55.0 Å². The third-order valence-electron chi connectivity index (χ3n) is 6.21. The van der Waals surface area contributed by atoms with E-state index in [1.54, 1.807) is 12.4 Å². The highest BCUT2D eigenvalue weighted by Gasteiger charge is 2.40. The zero-order chi connectivity index (χ0) is 22.2. The molecule has 1 fully saturated rings. The second-order valence-corrected chi connectivity index (χ2v) is 8.84. The molecule has 32 heavy (non-hydrogen) atoms. The topological polar surface area (TPSA) is 80.3 Å². The van der Waals surface area contributed by atoms with Crippen molar-refractivity contribution in [2.45, 2.75) is 52.1 Å². The number of nitrogens with zero attached hydrogens (tertiary/aromatic N) is 6. The largest absolute Gasteiger partial charge is 0.332 e. The van der Waals surface area contributed by atoms with E-state index in [4.69, 9.17) is 16.1 Å². The molecule has 2 aliphatic heterocycles. The molecule has 0 radical (unpaired) electrons. The average Bonchev–Trinajstić information content (AvgIpc) is 3.51. The third-order valence-corrected chi connectivity index (χ3v) is 6.53. The minimum absolute atomic E-state index is 0.0382. The number of aromatic nitrogens is 4. The van der Waals surface area contributed by atoms with Crippen molar-refractivity contribution >= 4 is 17.5 Å². The van der Waals surface area contributed by atoms with Crippen molar-refractivity contribution in [3.63, 3.8) is 0 Å². The van der Waals surface area contributed by atoms with Crippen molar-refractivity contribution in [1.82, 2.24) is 29.5 Å². The van der Waals surface area contributed by atoms with Crippen molar-refractivity contribution in [3.05, 3.63) is 46.6 Å². The van der Waals surface area contributed by atoms with Crippen molar-refractivity contribution < 1.29 is 9.32 Å². The zero-order valence-electron chi connectivity index (χ0n) is 18.4. The number of fused-ring (bicyclic) bond motifs is 5. The third kappa shape index (κ3) is 3.51. The van der Waals surface area contributed by atoms with Crippen LogP contribution in [0, 0.1) is 0 Å². The molecule has 0 aliphatic carbocycles. The standard InChI is InChI=1S/C23H27ClN6O2/c1-3-10-28(11-4-2)13-18-26-22(32-27-18)20-21-17-9-6-12-29(17)23(31)19-15(24)7-5-8-16(19)30(21)14-25-20/h5,7-8,14,17H,3-4,6,9-13H2,1-2H3/t17-/m0/s1. The Labute approximate surface area is 192 Å². The maximum Gasteiger partial charge on any atom is 0.278 e. The Balaban J connectivity index is 1.56. The van der Waals surface area contributed by atoms with Crippen LogP contribution in [-0.2, 0) is 6.54 Å². The van der Waals surface area contributed by atoms with Gasteiger partial charge >= 0.3 is 0 Å². The van der Waals surface area contributed by atoms with Gasteiger partial charge in [-0.15, -0.1) is 0 Å². The van der Waals surface area contributed by atoms with Gasteiger partial charge in [-0.2, -0.15) is 4.98 Å². The van der Waals surface area contributed by atoms with Gasteiger partial charge in [0.05, 0.1) is 34.6 Å². The van der Waals surface area contributed by atoms with Crippen LogP contribution >= 0.6 is 11.6 Å². The van der Waals surface area contributed by atoms with Gasteiger partial charge in [0.1, 0.15) is 6.33 Å². The van der Waals surface area contributed by atoms with Crippen LogP contribution in [0.25, 0.3) is 17.3 Å². The highest BCUT2D eigenvalue weighted by Crippen LogP contribution is 2.43. The maximum atomic E-state index is 13.4. The van der Waals surface area contributed by atoms with Gasteiger partial charge in [0.25, 0.3) is 11.8 Å². The first kappa shape index (κ1) is 21.2. The normalized spacial score (nSPS) is 17.4. The smallest absolute Gasteiger partial charge is 0.278 e. The fraction of sp³-hybridized carbons (Fsp3) is 0.478. The van der Waals surface area contributed by atoms with Gasteiger partial charge < -0.3 is 9.42 Å². The van der Waals surface area contributed by atoms with Gasteiger partial charge in [-0.1, -0.05) is 36.7 Å². The summed E-state index contributed by atoms with van der Waals surface area (Å²) in [6.45, 7) is 7.67. The Hall–Kier alpha value is -2.71. The number of carbonyl (C=O) groups excluding carboxylic acids is 1. The Bertz CT molecular complexity index is 1130. The lowest BCUT2D eigenvalue weighted by Gasteiger charge is -2.22. The van der Waals surface area contributed by atoms with Crippen molar-refractivity contribution in [1.29, 1.82) is 0 Å². The molecule has 0 bridgehead atoms. The molecule has 2 aromatic heterocycles. The summed E-state index contributed by atoms with van der Waals surface area (Å²) in [6.07, 6.45) is 5.68. The molecule has 1 saturated heterocycles. The van der Waals surface area contributed by atoms with E-state index in [1.807, 2.05) is 21.6 Å². The number of benzene rings is 1. The van der Waals surface area contributed by atoms with Crippen molar-refractivity contribution in [3.8, 4) is 17.3 Å². The van der Waals surface area contributed by atoms with Gasteiger partial charge in [-0.05, 0) is 50.9 Å². The highest BCUT2D eigenvalue weighted by molar-refractivity contribution is 6.34. The maximum absolute atomic E-state index is 13.4. The Kier molecular flexibility index (Phi) is 5.73. The summed E-state index contributed by atoms with van der Waals surface area (Å²) in [7, 11) is 0. The SMILES string of the molecule is CCCN(CCC)Cc1noc(-c2ncn3c2[C@@H]2CCCN2C(=O)c2c(Cl)cccc2-3)n1. The number of amides is 1. The van der Waals surface area contributed by atoms with Crippen LogP contribution in [0.4, 0.5) is 0 Å². The Morgan fingerprint density at radius 1 is 1.25 bits per heavy atom. The Morgan fingerprint density at radius 3 is 2.84 bits per heavy atom. The van der Waals surface area contributed by atoms with Gasteiger partial charge in [-0.25, -0.2) is 4.98 Å². The molecule has 8 nitrogen and oxygen atoms in total. The van der Waals surface area contributed by atoms with Crippen LogP contribution in [0.3, 0.4) is 0 Å². The molecule has 0 saturated carbocycles. The molecule has 5 rings (SSSR count). The fourth-order valence-electron chi connectivity index (χ4n) is 4.91. The molecule has 1 amide bonds. The van der Waals surface area contributed by atoms with Crippen LogP contribution < -0.4 is 0 Å². The van der Waals surface area contributed by atoms with E-state index >= 15 is 0 Å². The van der Waals surface area contributed by atoms with Crippen molar-refractivity contribution in [2.24, 2.45) is 0 Å². The van der Waals surface area contributed by atoms with E-state index in [0.717, 1.165) is 50.2 Å². The van der Waals surface area contributed by atoms with Gasteiger partial charge in [0.15, 0.2) is 11.5 Å². The zero-order valence-corrected chi connectivity index (χ0v) is 19.2. The summed E-state index contributed by atoms with van der Waals surface area (Å²) in [5.41, 5.74) is 2.80. The Morgan fingerprint density at radius 2 is 2.06 bits per heavy atom. The molecule has 4 heterocycles. The van der Waals surface area contributed by atoms with E-state index in [1.165, 1.54) is 0 Å². The summed E-state index contributed by atoms with van der Waals surface area (Å²) in [5, 5.41) is 4.68. The predicted octanol–water partition coefficient (Wildman–Crippen LogP) is 4.49. The number of hydrogen-bond donors (Lipinski definition) is 0. The summed E-state index contributed by atoms with van der Waals surface area (Å²) < 4.78 is 7.63. The van der Waals surface area contributed by atoms with E-state index in [0.29, 0.717) is 41.1 Å². The second kappa shape index (κ2) is 8.67. The molecule has 1 atom stereocenters. The lowest BCUT2D eigenvalue weighted by Crippen LogP contribution is -2.29. The number of imidazole rings is 1. The number of rotatable bonds is 7. The molecule has 0 N–H and O–H groups in total. The quantitative estimate of drug-likeness (QED) is 0.523. The first-order chi connectivity index (χ1) is 15.6. The number of hydrogen-bond acceptors (Lipinski definition) is 6. The monoisotopic (exact) mass is 454 g/mol. The molecule has 168 valence electrons. The first-order valence-electron chi connectivity index (χ1n) is 11.3. The van der Waals surface area contributed by atoms with E-state index in [2.05, 4.69) is 33.9 Å². The first-order valence-corrected chi connectivity index (χ1v) is 11.7. The molecule has 3 aromatic rings. The molecule has 1 aromatic carbocycles. The number of halogens is 1. The summed E-state index contributed by atoms with van der Waals surface area (Å²) in [6, 6.07) is 5.42. The van der Waals surface area contributed by atoms with Crippen LogP contribution in [0.15, 0.2) is 29.0 Å². The van der Waals surface area contributed by atoms with E-state index < -0.39 is 0 Å². The minimum atomic E-state index is -0.101. The highest BCUT2D eigenvalue weighted by atomic mass is 35.5. The molecule has 0 unspecified atom stereocenters. The summed E-state index contributed by atoms with van der Waals surface area (Å²) >= 11 is 6.47. The van der Waals surface area contributed by atoms with Gasteiger partial charge in [0, 0.05) is 6.54 Å². The number of carbonyl (C=O) groups is 1. The molecular weight excluding hydrogens is 428 g/mol. The van der Waals surface area contributed by atoms with Crippen LogP contribution in [0.2, 0.25) is 5.02 Å². The molecule has 9 heteroatoms. The van der Waals surface area contributed by atoms with Crippen LogP contribution in [0.1, 0.15) is 67.4 Å². The molecule has 2 aliphatic rings. The van der Waals surface area contributed by atoms with E-state index in [-0.39, 0.29) is 11.9 Å². The minimum Gasteiger partial charge on any atom is -0.332 e. The molecule has 0 spiro atoms. The van der Waals surface area contributed by atoms with E-state index in [9.17, 15) is 4.79 Å². The van der Waals surface area contributed by atoms with Crippen molar-refractivity contribution in [2.75, 3.05) is 19.6 Å². The fourth-order valence-corrected chi connectivity index (χ4v) is 5.16. The average molecular weight is 455 g/mol. The van der Waals surface area contributed by atoms with Crippen LogP contribution in [0.5, 0.6) is 0 Å². The van der Waals surface area contributed by atoms with Gasteiger partial charge in [0.2, 0.25) is 0 Å². The summed E-state index contributed by atoms with van der Waals surface area (Å²) in [4.78, 5) is 26.9. The van der Waals surface area contributed by atoms with Gasteiger partial charge in [-0.3, -0.25) is 14.3 Å². The lowest BCUT2D eigenvalue weighted by molar-refractivity contribution is 0.0739. The second-order valence-electron chi connectivity index (χ2n) is 8.43.